The van der Waals surface area contributed by atoms with Crippen molar-refractivity contribution in [1.29, 1.82) is 0 Å². The molecule has 19 heavy (non-hydrogen) atoms. The lowest BCUT2D eigenvalue weighted by atomic mass is 10.7. The van der Waals surface area contributed by atoms with E-state index in [2.05, 4.69) is 4.76 Å². The molecule has 0 aromatic heterocycles. The van der Waals surface area contributed by atoms with Crippen molar-refractivity contribution in [2.75, 3.05) is 26.2 Å². The third kappa shape index (κ3) is 5.07. The largest absolute Gasteiger partial charge is 0.859 e. The second-order valence-corrected chi connectivity index (χ2v) is 8.33. The van der Waals surface area contributed by atoms with Crippen LogP contribution in [-0.2, 0) is 4.57 Å². The molecule has 0 aliphatic rings. The van der Waals surface area contributed by atoms with Crippen LogP contribution in [0.2, 0.25) is 0 Å². The average molecular weight is 352 g/mol. The van der Waals surface area contributed by atoms with Gasteiger partial charge in [0, 0.05) is 32.1 Å². The molecule has 0 saturated carbocycles. The first-order valence-electron chi connectivity index (χ1n) is 6.12. The van der Waals surface area contributed by atoms with Crippen LogP contribution in [0.15, 0.2) is 4.76 Å². The van der Waals surface area contributed by atoms with Gasteiger partial charge in [-0.2, -0.15) is 0 Å². The zero-order valence-electron chi connectivity index (χ0n) is 11.6. The predicted octanol–water partition coefficient (Wildman–Crippen LogP) is 2.91. The van der Waals surface area contributed by atoms with Gasteiger partial charge in [-0.05, 0) is 0 Å². The van der Waals surface area contributed by atoms with E-state index in [0.717, 1.165) is 0 Å². The molecule has 114 valence electrons. The van der Waals surface area contributed by atoms with E-state index in [0.29, 0.717) is 26.2 Å². The van der Waals surface area contributed by atoms with E-state index < -0.39 is 17.3 Å². The maximum atomic E-state index is 13.1. The molecule has 0 rings (SSSR count). The Bertz CT molecular complexity index is 336. The highest BCUT2D eigenvalue weighted by Gasteiger charge is 2.35. The van der Waals surface area contributed by atoms with Crippen molar-refractivity contribution in [3.63, 3.8) is 0 Å². The Kier molecular flexibility index (Phi) is 8.27. The average Bonchev–Trinajstić information content (AvgIpc) is 2.30. The summed E-state index contributed by atoms with van der Waals surface area (Å²) in [5.41, 5.74) is 0. The highest BCUT2D eigenvalue weighted by Crippen LogP contribution is 2.55. The van der Waals surface area contributed by atoms with Gasteiger partial charge in [0.25, 0.3) is 0 Å². The first-order valence-corrected chi connectivity index (χ1v) is 8.82. The van der Waals surface area contributed by atoms with E-state index in [-0.39, 0.29) is 0 Å². The molecule has 0 N–H and O–H groups in total. The fraction of sp³-hybridized carbons (Fsp3) is 0.900. The minimum absolute atomic E-state index is 0.487. The summed E-state index contributed by atoms with van der Waals surface area (Å²) in [5, 5.41) is 11.8. The van der Waals surface area contributed by atoms with Gasteiger partial charge >= 0.3 is 7.59 Å². The molecule has 0 fully saturated rings. The summed E-state index contributed by atoms with van der Waals surface area (Å²) in [6.45, 7) is 9.32. The number of hydrogen-bond donors (Lipinski definition) is 0. The Balaban J connectivity index is 5.72. The summed E-state index contributed by atoms with van der Waals surface area (Å²) in [7, 11) is -3.40. The molecule has 0 aromatic rings. The maximum absolute atomic E-state index is 13.1. The molecule has 0 saturated heterocycles. The SMILES string of the molecule is CCN(CC)P(=O)(N=C([O-])C(Cl)(Cl)Cl)N(CC)CC. The highest BCUT2D eigenvalue weighted by atomic mass is 35.6. The van der Waals surface area contributed by atoms with E-state index >= 15 is 0 Å². The van der Waals surface area contributed by atoms with Crippen LogP contribution < -0.4 is 5.11 Å². The van der Waals surface area contributed by atoms with Gasteiger partial charge in [0.15, 0.2) is 0 Å². The van der Waals surface area contributed by atoms with Gasteiger partial charge in [-0.1, -0.05) is 62.5 Å². The standard InChI is InChI=1S/C10H21Cl3N3O2P/c1-5-15(6-2)19(18,16(7-3)8-4)14-9(17)10(11,12)13/h5-8H2,1-4H3,(H,14,17,18)/p-1. The molecule has 5 nitrogen and oxygen atoms in total. The molecule has 0 aliphatic carbocycles. The quantitative estimate of drug-likeness (QED) is 0.306. The summed E-state index contributed by atoms with van der Waals surface area (Å²) < 4.78 is 17.9. The molecule has 0 atom stereocenters. The van der Waals surface area contributed by atoms with Crippen molar-refractivity contribution in [3.8, 4) is 0 Å². The van der Waals surface area contributed by atoms with Gasteiger partial charge in [-0.25, -0.2) is 14.1 Å². The summed E-state index contributed by atoms with van der Waals surface area (Å²) in [6, 6.07) is 0. The summed E-state index contributed by atoms with van der Waals surface area (Å²) in [4.78, 5) is 0. The van der Waals surface area contributed by atoms with Crippen LogP contribution in [0.3, 0.4) is 0 Å². The van der Waals surface area contributed by atoms with Crippen molar-refractivity contribution in [3.05, 3.63) is 0 Å². The van der Waals surface area contributed by atoms with Crippen LogP contribution in [0.25, 0.3) is 0 Å². The molecule has 0 heterocycles. The monoisotopic (exact) mass is 350 g/mol. The lowest BCUT2D eigenvalue weighted by molar-refractivity contribution is -0.217. The van der Waals surface area contributed by atoms with E-state index in [1.54, 1.807) is 9.34 Å². The third-order valence-corrected chi connectivity index (χ3v) is 6.19. The Hall–Kier alpha value is 0.490. The highest BCUT2D eigenvalue weighted by molar-refractivity contribution is 7.57. The molecule has 0 amide bonds. The molecule has 0 radical (unpaired) electrons. The molecular weight excluding hydrogens is 331 g/mol. The zero-order chi connectivity index (χ0) is 15.3. The Morgan fingerprint density at radius 3 is 1.58 bits per heavy atom. The molecule has 0 spiro atoms. The fourth-order valence-electron chi connectivity index (χ4n) is 1.66. The molecule has 0 aliphatic heterocycles. The molecule has 9 heteroatoms. The van der Waals surface area contributed by atoms with E-state index in [1.807, 2.05) is 27.7 Å². The van der Waals surface area contributed by atoms with Crippen LogP contribution in [0.4, 0.5) is 0 Å². The first kappa shape index (κ1) is 19.5. The van der Waals surface area contributed by atoms with Crippen molar-refractivity contribution < 1.29 is 9.67 Å². The Morgan fingerprint density at radius 2 is 1.37 bits per heavy atom. The van der Waals surface area contributed by atoms with E-state index in [9.17, 15) is 9.67 Å². The number of halogens is 3. The van der Waals surface area contributed by atoms with Gasteiger partial charge in [0.05, 0.1) is 0 Å². The normalized spacial score (nSPS) is 14.5. The lowest BCUT2D eigenvalue weighted by Gasteiger charge is -2.36. The van der Waals surface area contributed by atoms with Gasteiger partial charge in [0.2, 0.25) is 3.79 Å². The second-order valence-electron chi connectivity index (χ2n) is 3.69. The Labute approximate surface area is 130 Å². The van der Waals surface area contributed by atoms with Crippen LogP contribution in [0.5, 0.6) is 0 Å². The van der Waals surface area contributed by atoms with Gasteiger partial charge < -0.3 is 5.11 Å². The van der Waals surface area contributed by atoms with Crippen LogP contribution >= 0.6 is 42.4 Å². The van der Waals surface area contributed by atoms with Crippen molar-refractivity contribution >= 4 is 48.3 Å². The smallest absolute Gasteiger partial charge is 0.328 e. The van der Waals surface area contributed by atoms with Gasteiger partial charge in [-0.15, -0.1) is 0 Å². The summed E-state index contributed by atoms with van der Waals surface area (Å²) >= 11 is 16.5. The lowest BCUT2D eigenvalue weighted by Crippen LogP contribution is -2.36. The van der Waals surface area contributed by atoms with Gasteiger partial charge in [0.1, 0.15) is 0 Å². The number of rotatable bonds is 7. The molecule has 0 bridgehead atoms. The van der Waals surface area contributed by atoms with Crippen molar-refractivity contribution in [2.24, 2.45) is 4.76 Å². The fourth-order valence-corrected chi connectivity index (χ4v) is 4.44. The van der Waals surface area contributed by atoms with Crippen LogP contribution in [0, 0.1) is 0 Å². The minimum Gasteiger partial charge on any atom is -0.859 e. The van der Waals surface area contributed by atoms with Crippen molar-refractivity contribution in [1.82, 2.24) is 9.34 Å². The van der Waals surface area contributed by atoms with Crippen LogP contribution in [0.1, 0.15) is 27.7 Å². The van der Waals surface area contributed by atoms with E-state index in [4.69, 9.17) is 34.8 Å². The van der Waals surface area contributed by atoms with Gasteiger partial charge in [-0.3, -0.25) is 4.57 Å². The minimum atomic E-state index is -3.40. The molecule has 0 unspecified atom stereocenters. The first-order chi connectivity index (χ1) is 8.67. The molecular formula is C10H20Cl3N3O2P-. The second kappa shape index (κ2) is 8.06. The predicted molar refractivity (Wildman–Crippen MR) is 81.2 cm³/mol. The van der Waals surface area contributed by atoms with Crippen molar-refractivity contribution in [2.45, 2.75) is 31.5 Å². The topological polar surface area (TPSA) is 59.0 Å². The van der Waals surface area contributed by atoms with E-state index in [1.165, 1.54) is 0 Å². The number of alkyl halides is 3. The molecule has 0 aromatic carbocycles. The maximum Gasteiger partial charge on any atom is 0.328 e. The van der Waals surface area contributed by atoms with Crippen LogP contribution in [-0.4, -0.2) is 45.2 Å². The number of hydrogen-bond acceptors (Lipinski definition) is 2. The Morgan fingerprint density at radius 1 is 1.05 bits per heavy atom. The zero-order valence-corrected chi connectivity index (χ0v) is 14.7. The summed E-state index contributed by atoms with van der Waals surface area (Å²) in [6.07, 6.45) is 0. The summed E-state index contributed by atoms with van der Waals surface area (Å²) in [5.74, 6) is -1.00. The number of nitrogens with zero attached hydrogens (tertiary/aromatic N) is 3. The third-order valence-electron chi connectivity index (χ3n) is 2.66.